The van der Waals surface area contributed by atoms with Crippen molar-refractivity contribution in [2.24, 2.45) is 0 Å². The highest BCUT2D eigenvalue weighted by Gasteiger charge is 2.04. The number of thioether (sulfide) groups is 2. The van der Waals surface area contributed by atoms with Crippen molar-refractivity contribution in [2.75, 3.05) is 12.5 Å². The van der Waals surface area contributed by atoms with Crippen LogP contribution in [-0.2, 0) is 0 Å². The Kier molecular flexibility index (Phi) is 3.60. The molecule has 14 heavy (non-hydrogen) atoms. The molecule has 4 heteroatoms. The van der Waals surface area contributed by atoms with Crippen molar-refractivity contribution >= 4 is 46.2 Å². The molecule has 0 spiro atoms. The summed E-state index contributed by atoms with van der Waals surface area (Å²) in [6.07, 6.45) is 4.24. The van der Waals surface area contributed by atoms with Gasteiger partial charge in [0.05, 0.1) is 0 Å². The Balaban J connectivity index is 2.29. The average Bonchev–Trinajstić information content (AvgIpc) is 2.86. The topological polar surface area (TPSA) is 0 Å². The van der Waals surface area contributed by atoms with E-state index in [0.717, 1.165) is 0 Å². The Labute approximate surface area is 101 Å². The molecule has 0 aliphatic heterocycles. The van der Waals surface area contributed by atoms with Gasteiger partial charge in [-0.1, -0.05) is 0 Å². The minimum absolute atomic E-state index is 1.36. The van der Waals surface area contributed by atoms with Crippen molar-refractivity contribution in [1.29, 1.82) is 0 Å². The minimum Gasteiger partial charge on any atom is -0.142 e. The predicted molar refractivity (Wildman–Crippen MR) is 71.2 cm³/mol. The smallest absolute Gasteiger partial charge is 0.0454 e. The van der Waals surface area contributed by atoms with E-state index in [1.54, 1.807) is 23.5 Å². The number of thiophene rings is 2. The van der Waals surface area contributed by atoms with Crippen LogP contribution in [0.3, 0.4) is 0 Å². The van der Waals surface area contributed by atoms with Gasteiger partial charge < -0.3 is 0 Å². The summed E-state index contributed by atoms with van der Waals surface area (Å²) in [5.74, 6) is 0. The Morgan fingerprint density at radius 2 is 1.29 bits per heavy atom. The molecular weight excluding hydrogens is 248 g/mol. The zero-order chi connectivity index (χ0) is 9.97. The average molecular weight is 258 g/mol. The molecule has 0 amide bonds. The van der Waals surface area contributed by atoms with Crippen LogP contribution in [0.15, 0.2) is 32.7 Å². The summed E-state index contributed by atoms with van der Waals surface area (Å²) >= 11 is 7.28. The molecule has 0 unspecified atom stereocenters. The molecule has 0 radical (unpaired) electrons. The zero-order valence-electron chi connectivity index (χ0n) is 7.94. The lowest BCUT2D eigenvalue weighted by molar-refractivity contribution is 1.58. The molecular formula is C10H10S4. The highest BCUT2D eigenvalue weighted by atomic mass is 32.2. The first-order valence-electron chi connectivity index (χ1n) is 4.09. The molecule has 0 saturated carbocycles. The van der Waals surface area contributed by atoms with Crippen molar-refractivity contribution < 1.29 is 0 Å². The molecule has 0 fully saturated rings. The van der Waals surface area contributed by atoms with Gasteiger partial charge in [-0.05, 0) is 24.6 Å². The fourth-order valence-electron chi connectivity index (χ4n) is 1.11. The molecule has 0 aliphatic carbocycles. The largest absolute Gasteiger partial charge is 0.142 e. The molecule has 0 aliphatic rings. The van der Waals surface area contributed by atoms with Gasteiger partial charge in [0, 0.05) is 30.3 Å². The lowest BCUT2D eigenvalue weighted by Gasteiger charge is -1.88. The summed E-state index contributed by atoms with van der Waals surface area (Å²) in [7, 11) is 0. The Morgan fingerprint density at radius 3 is 1.57 bits per heavy atom. The maximum atomic E-state index is 2.27. The third-order valence-electron chi connectivity index (χ3n) is 1.87. The molecule has 0 atom stereocenters. The highest BCUT2D eigenvalue weighted by Crippen LogP contribution is 2.36. The summed E-state index contributed by atoms with van der Waals surface area (Å²) in [6, 6.07) is 4.54. The summed E-state index contributed by atoms with van der Waals surface area (Å²) in [5.41, 5.74) is 0. The SMILES string of the molecule is CSc1csc(-c2cc(SC)cs2)c1. The van der Waals surface area contributed by atoms with Crippen LogP contribution >= 0.6 is 46.2 Å². The van der Waals surface area contributed by atoms with Crippen LogP contribution in [0.2, 0.25) is 0 Å². The molecule has 0 nitrogen and oxygen atoms in total. The summed E-state index contributed by atoms with van der Waals surface area (Å²) in [6.45, 7) is 0. The van der Waals surface area contributed by atoms with Crippen LogP contribution < -0.4 is 0 Å². The van der Waals surface area contributed by atoms with Gasteiger partial charge in [-0.25, -0.2) is 0 Å². The van der Waals surface area contributed by atoms with Crippen LogP contribution in [-0.4, -0.2) is 12.5 Å². The fourth-order valence-corrected chi connectivity index (χ4v) is 4.44. The molecule has 74 valence electrons. The van der Waals surface area contributed by atoms with E-state index in [0.29, 0.717) is 0 Å². The lowest BCUT2D eigenvalue weighted by atomic mass is 10.4. The van der Waals surface area contributed by atoms with Gasteiger partial charge in [-0.15, -0.1) is 46.2 Å². The first kappa shape index (κ1) is 10.6. The highest BCUT2D eigenvalue weighted by molar-refractivity contribution is 7.99. The summed E-state index contributed by atoms with van der Waals surface area (Å²) < 4.78 is 0. The van der Waals surface area contributed by atoms with Gasteiger partial charge in [0.1, 0.15) is 0 Å². The van der Waals surface area contributed by atoms with Crippen LogP contribution in [0.1, 0.15) is 0 Å². The van der Waals surface area contributed by atoms with E-state index < -0.39 is 0 Å². The second-order valence-corrected chi connectivity index (χ2v) is 6.28. The van der Waals surface area contributed by atoms with Gasteiger partial charge >= 0.3 is 0 Å². The summed E-state index contributed by atoms with van der Waals surface area (Å²) in [4.78, 5) is 5.51. The van der Waals surface area contributed by atoms with Crippen molar-refractivity contribution in [3.05, 3.63) is 22.9 Å². The Morgan fingerprint density at radius 1 is 0.857 bits per heavy atom. The van der Waals surface area contributed by atoms with Crippen molar-refractivity contribution in [3.63, 3.8) is 0 Å². The zero-order valence-corrected chi connectivity index (χ0v) is 11.2. The van der Waals surface area contributed by atoms with Gasteiger partial charge in [0.2, 0.25) is 0 Å². The molecule has 2 aromatic rings. The Bertz CT molecular complexity index is 373. The van der Waals surface area contributed by atoms with Gasteiger partial charge in [-0.3, -0.25) is 0 Å². The monoisotopic (exact) mass is 258 g/mol. The van der Waals surface area contributed by atoms with Gasteiger partial charge in [0.15, 0.2) is 0 Å². The van der Waals surface area contributed by atoms with Crippen molar-refractivity contribution in [2.45, 2.75) is 9.79 Å². The molecule has 0 N–H and O–H groups in total. The van der Waals surface area contributed by atoms with E-state index in [2.05, 4.69) is 35.4 Å². The van der Waals surface area contributed by atoms with E-state index in [4.69, 9.17) is 0 Å². The molecule has 2 rings (SSSR count). The third kappa shape index (κ3) is 2.19. The number of hydrogen-bond donors (Lipinski definition) is 0. The van der Waals surface area contributed by atoms with E-state index >= 15 is 0 Å². The van der Waals surface area contributed by atoms with Crippen LogP contribution in [0.5, 0.6) is 0 Å². The summed E-state index contributed by atoms with van der Waals surface area (Å²) in [5, 5.41) is 4.44. The third-order valence-corrected chi connectivity index (χ3v) is 5.63. The maximum Gasteiger partial charge on any atom is 0.0454 e. The first-order chi connectivity index (χ1) is 6.83. The normalized spacial score (nSPS) is 10.7. The second-order valence-electron chi connectivity index (χ2n) is 2.70. The predicted octanol–water partition coefficient (Wildman–Crippen LogP) is 4.92. The van der Waals surface area contributed by atoms with Crippen LogP contribution in [0, 0.1) is 0 Å². The van der Waals surface area contributed by atoms with Crippen LogP contribution in [0.4, 0.5) is 0 Å². The molecule has 2 heterocycles. The molecule has 0 aromatic carbocycles. The maximum absolute atomic E-state index is 2.27. The fraction of sp³-hybridized carbons (Fsp3) is 0.200. The van der Waals surface area contributed by atoms with Crippen LogP contribution in [0.25, 0.3) is 9.75 Å². The van der Waals surface area contributed by atoms with E-state index in [1.807, 2.05) is 22.7 Å². The van der Waals surface area contributed by atoms with E-state index in [9.17, 15) is 0 Å². The molecule has 0 saturated heterocycles. The minimum atomic E-state index is 1.36. The van der Waals surface area contributed by atoms with E-state index in [1.165, 1.54) is 19.5 Å². The number of rotatable bonds is 3. The second kappa shape index (κ2) is 4.75. The van der Waals surface area contributed by atoms with Crippen molar-refractivity contribution in [1.82, 2.24) is 0 Å². The van der Waals surface area contributed by atoms with Crippen molar-refractivity contribution in [3.8, 4) is 9.75 Å². The van der Waals surface area contributed by atoms with Gasteiger partial charge in [0.25, 0.3) is 0 Å². The van der Waals surface area contributed by atoms with Gasteiger partial charge in [-0.2, -0.15) is 0 Å². The Hall–Kier alpha value is 0.1000. The number of hydrogen-bond acceptors (Lipinski definition) is 4. The quantitative estimate of drug-likeness (QED) is 0.717. The molecule has 2 aromatic heterocycles. The standard InChI is InChI=1S/C10H10S4/c1-11-7-3-9(13-5-7)10-4-8(12-2)6-14-10/h3-6H,1-2H3. The molecule has 0 bridgehead atoms. The van der Waals surface area contributed by atoms with E-state index in [-0.39, 0.29) is 0 Å². The first-order valence-corrected chi connectivity index (χ1v) is 8.30. The lowest BCUT2D eigenvalue weighted by Crippen LogP contribution is -1.61.